The van der Waals surface area contributed by atoms with Gasteiger partial charge in [-0.1, -0.05) is 17.3 Å². The van der Waals surface area contributed by atoms with Gasteiger partial charge in [-0.15, -0.1) is 11.8 Å². The molecule has 27 heavy (non-hydrogen) atoms. The third-order valence-corrected chi connectivity index (χ3v) is 4.49. The van der Waals surface area contributed by atoms with Crippen LogP contribution in [-0.4, -0.2) is 34.6 Å². The molecule has 0 aliphatic heterocycles. The van der Waals surface area contributed by atoms with Gasteiger partial charge in [0.2, 0.25) is 11.8 Å². The second-order valence-electron chi connectivity index (χ2n) is 5.56. The Labute approximate surface area is 158 Å². The molecule has 0 unspecified atom stereocenters. The molecule has 146 valence electrons. The highest BCUT2D eigenvalue weighted by atomic mass is 32.2. The SMILES string of the molecule is Cc1cc(NC(=O)[C@H](C)SCC(=O)NCc2ccc(OC(F)F)cc2)no1. The third kappa shape index (κ3) is 7.26. The summed E-state index contributed by atoms with van der Waals surface area (Å²) >= 11 is 1.18. The van der Waals surface area contributed by atoms with E-state index in [1.54, 1.807) is 32.0 Å². The fourth-order valence-corrected chi connectivity index (χ4v) is 2.68. The maximum absolute atomic E-state index is 12.1. The van der Waals surface area contributed by atoms with E-state index in [0.29, 0.717) is 11.6 Å². The minimum atomic E-state index is -2.87. The van der Waals surface area contributed by atoms with Crippen molar-refractivity contribution in [2.24, 2.45) is 0 Å². The maximum Gasteiger partial charge on any atom is 0.387 e. The smallest absolute Gasteiger partial charge is 0.387 e. The van der Waals surface area contributed by atoms with Gasteiger partial charge < -0.3 is 19.9 Å². The standard InChI is InChI=1S/C17H19F2N3O4S/c1-10-7-14(22-26-10)21-16(24)11(2)27-9-15(23)20-8-12-3-5-13(6-4-12)25-17(18)19/h3-7,11,17H,8-9H2,1-2H3,(H,20,23)(H,21,22,24)/t11-/m0/s1. The number of carbonyl (C=O) groups excluding carboxylic acids is 2. The number of alkyl halides is 2. The van der Waals surface area contributed by atoms with Crippen LogP contribution >= 0.6 is 11.8 Å². The number of aryl methyl sites for hydroxylation is 1. The van der Waals surface area contributed by atoms with Gasteiger partial charge in [0.15, 0.2) is 5.82 Å². The van der Waals surface area contributed by atoms with Gasteiger partial charge in [-0.25, -0.2) is 0 Å². The Bertz CT molecular complexity index is 768. The average molecular weight is 399 g/mol. The van der Waals surface area contributed by atoms with Crippen LogP contribution in [0.25, 0.3) is 0 Å². The molecule has 7 nitrogen and oxygen atoms in total. The van der Waals surface area contributed by atoms with Crippen LogP contribution in [0, 0.1) is 6.92 Å². The second-order valence-corrected chi connectivity index (χ2v) is 6.89. The summed E-state index contributed by atoms with van der Waals surface area (Å²) in [5.41, 5.74) is 0.738. The van der Waals surface area contributed by atoms with Gasteiger partial charge in [0.1, 0.15) is 11.5 Å². The summed E-state index contributed by atoms with van der Waals surface area (Å²) in [7, 11) is 0. The highest BCUT2D eigenvalue weighted by molar-refractivity contribution is 8.01. The van der Waals surface area contributed by atoms with Gasteiger partial charge in [-0.2, -0.15) is 8.78 Å². The number of carbonyl (C=O) groups is 2. The summed E-state index contributed by atoms with van der Waals surface area (Å²) in [6.07, 6.45) is 0. The number of rotatable bonds is 9. The van der Waals surface area contributed by atoms with Gasteiger partial charge in [0.25, 0.3) is 0 Å². The lowest BCUT2D eigenvalue weighted by molar-refractivity contribution is -0.118. The van der Waals surface area contributed by atoms with Gasteiger partial charge in [-0.3, -0.25) is 9.59 Å². The summed E-state index contributed by atoms with van der Waals surface area (Å²) in [6.45, 7) is 0.764. The van der Waals surface area contributed by atoms with E-state index >= 15 is 0 Å². The molecule has 0 aliphatic rings. The molecule has 2 rings (SSSR count). The predicted molar refractivity (Wildman–Crippen MR) is 96.7 cm³/mol. The molecule has 0 radical (unpaired) electrons. The van der Waals surface area contributed by atoms with Crippen molar-refractivity contribution in [3.63, 3.8) is 0 Å². The molecule has 1 aromatic heterocycles. The van der Waals surface area contributed by atoms with Crippen LogP contribution in [0.2, 0.25) is 0 Å². The lowest BCUT2D eigenvalue weighted by atomic mass is 10.2. The molecular formula is C17H19F2N3O4S. The maximum atomic E-state index is 12.1. The second kappa shape index (κ2) is 9.91. The van der Waals surface area contributed by atoms with Crippen molar-refractivity contribution in [2.45, 2.75) is 32.3 Å². The molecular weight excluding hydrogens is 380 g/mol. The lowest BCUT2D eigenvalue weighted by Crippen LogP contribution is -2.28. The zero-order valence-electron chi connectivity index (χ0n) is 14.7. The Morgan fingerprint density at radius 1 is 1.30 bits per heavy atom. The number of halogens is 2. The number of nitrogens with one attached hydrogen (secondary N) is 2. The number of hydrogen-bond donors (Lipinski definition) is 2. The van der Waals surface area contributed by atoms with Crippen LogP contribution in [0.5, 0.6) is 5.75 Å². The molecule has 0 aliphatic carbocycles. The fourth-order valence-electron chi connectivity index (χ4n) is 1.97. The first-order valence-corrected chi connectivity index (χ1v) is 9.04. The molecule has 1 aromatic carbocycles. The van der Waals surface area contributed by atoms with Crippen molar-refractivity contribution in [1.82, 2.24) is 10.5 Å². The molecule has 2 N–H and O–H groups in total. The van der Waals surface area contributed by atoms with Crippen molar-refractivity contribution in [3.05, 3.63) is 41.7 Å². The van der Waals surface area contributed by atoms with Gasteiger partial charge in [0, 0.05) is 12.6 Å². The Hall–Kier alpha value is -2.62. The number of anilines is 1. The summed E-state index contributed by atoms with van der Waals surface area (Å²) in [5.74, 6) is 0.532. The summed E-state index contributed by atoms with van der Waals surface area (Å²) in [5, 5.41) is 8.51. The van der Waals surface area contributed by atoms with Crippen LogP contribution in [0.1, 0.15) is 18.2 Å². The Morgan fingerprint density at radius 2 is 2.00 bits per heavy atom. The number of nitrogens with zero attached hydrogens (tertiary/aromatic N) is 1. The van der Waals surface area contributed by atoms with Gasteiger partial charge >= 0.3 is 6.61 Å². The number of ether oxygens (including phenoxy) is 1. The zero-order chi connectivity index (χ0) is 19.8. The molecule has 0 saturated carbocycles. The van der Waals surface area contributed by atoms with Crippen molar-refractivity contribution >= 4 is 29.4 Å². The minimum absolute atomic E-state index is 0.0535. The summed E-state index contributed by atoms with van der Waals surface area (Å²) < 4.78 is 33.3. The van der Waals surface area contributed by atoms with E-state index in [2.05, 4.69) is 20.5 Å². The quantitative estimate of drug-likeness (QED) is 0.673. The van der Waals surface area contributed by atoms with Crippen molar-refractivity contribution in [3.8, 4) is 5.75 Å². The van der Waals surface area contributed by atoms with Crippen LogP contribution in [0.3, 0.4) is 0 Å². The summed E-state index contributed by atoms with van der Waals surface area (Å²) in [4.78, 5) is 23.9. The van der Waals surface area contributed by atoms with E-state index in [1.807, 2.05) is 0 Å². The molecule has 0 saturated heterocycles. The average Bonchev–Trinajstić information content (AvgIpc) is 3.03. The van der Waals surface area contributed by atoms with Crippen LogP contribution in [0.4, 0.5) is 14.6 Å². The Morgan fingerprint density at radius 3 is 2.59 bits per heavy atom. The first kappa shape index (κ1) is 20.7. The monoisotopic (exact) mass is 399 g/mol. The van der Waals surface area contributed by atoms with E-state index in [0.717, 1.165) is 5.56 Å². The minimum Gasteiger partial charge on any atom is -0.435 e. The molecule has 2 amide bonds. The molecule has 0 spiro atoms. The number of thioether (sulfide) groups is 1. The largest absolute Gasteiger partial charge is 0.435 e. The van der Waals surface area contributed by atoms with Gasteiger partial charge in [-0.05, 0) is 31.5 Å². The number of hydrogen-bond acceptors (Lipinski definition) is 6. The Kier molecular flexibility index (Phi) is 7.59. The summed E-state index contributed by atoms with van der Waals surface area (Å²) in [6, 6.07) is 7.57. The fraction of sp³-hybridized carbons (Fsp3) is 0.353. The first-order valence-electron chi connectivity index (χ1n) is 7.99. The van der Waals surface area contributed by atoms with E-state index in [-0.39, 0.29) is 29.9 Å². The molecule has 0 fully saturated rings. The molecule has 0 bridgehead atoms. The number of amides is 2. The van der Waals surface area contributed by atoms with Crippen molar-refractivity contribution < 1.29 is 27.6 Å². The van der Waals surface area contributed by atoms with Crippen LogP contribution in [-0.2, 0) is 16.1 Å². The lowest BCUT2D eigenvalue weighted by Gasteiger charge is -2.11. The van der Waals surface area contributed by atoms with E-state index in [9.17, 15) is 18.4 Å². The van der Waals surface area contributed by atoms with Gasteiger partial charge in [0.05, 0.1) is 11.0 Å². The first-order chi connectivity index (χ1) is 12.8. The van der Waals surface area contributed by atoms with E-state index in [4.69, 9.17) is 4.52 Å². The highest BCUT2D eigenvalue weighted by Crippen LogP contribution is 2.16. The zero-order valence-corrected chi connectivity index (χ0v) is 15.5. The molecule has 1 heterocycles. The number of benzene rings is 1. The highest BCUT2D eigenvalue weighted by Gasteiger charge is 2.16. The van der Waals surface area contributed by atoms with Crippen molar-refractivity contribution in [1.29, 1.82) is 0 Å². The predicted octanol–water partition coefficient (Wildman–Crippen LogP) is 2.96. The van der Waals surface area contributed by atoms with Crippen LogP contribution in [0.15, 0.2) is 34.9 Å². The van der Waals surface area contributed by atoms with E-state index < -0.39 is 11.9 Å². The number of aromatic nitrogens is 1. The van der Waals surface area contributed by atoms with E-state index in [1.165, 1.54) is 23.9 Å². The normalized spacial score (nSPS) is 11.9. The van der Waals surface area contributed by atoms with Crippen molar-refractivity contribution in [2.75, 3.05) is 11.1 Å². The molecule has 1 atom stereocenters. The Balaban J connectivity index is 1.69. The third-order valence-electron chi connectivity index (χ3n) is 3.35. The van der Waals surface area contributed by atoms with Crippen LogP contribution < -0.4 is 15.4 Å². The topological polar surface area (TPSA) is 93.5 Å². The molecule has 10 heteroatoms. The molecule has 2 aromatic rings.